The number of rotatable bonds is 6. The number of carbonyl (C=O) groups is 1. The smallest absolute Gasteiger partial charge is 0.199 e. The molecule has 0 amide bonds. The summed E-state index contributed by atoms with van der Waals surface area (Å²) in [5.41, 5.74) is 3.08. The van der Waals surface area contributed by atoms with Gasteiger partial charge in [0.25, 0.3) is 0 Å². The van der Waals surface area contributed by atoms with Gasteiger partial charge in [0.05, 0.1) is 11.0 Å². The van der Waals surface area contributed by atoms with Crippen LogP contribution in [0.1, 0.15) is 33.2 Å². The van der Waals surface area contributed by atoms with Crippen molar-refractivity contribution in [1.82, 2.24) is 0 Å². The van der Waals surface area contributed by atoms with E-state index in [1.807, 2.05) is 54.6 Å². The van der Waals surface area contributed by atoms with Crippen molar-refractivity contribution in [3.8, 4) is 0 Å². The Labute approximate surface area is 147 Å². The number of thioether (sulfide) groups is 1. The Morgan fingerprint density at radius 3 is 2.62 bits per heavy atom. The number of fused-ring (bicyclic) bond motifs is 1. The highest BCUT2D eigenvalue weighted by Gasteiger charge is 2.27. The summed E-state index contributed by atoms with van der Waals surface area (Å²) in [6.07, 6.45) is 4.59. The molecule has 1 aliphatic rings. The van der Waals surface area contributed by atoms with E-state index in [-0.39, 0.29) is 17.1 Å². The summed E-state index contributed by atoms with van der Waals surface area (Å²) in [4.78, 5) is 13.6. The van der Waals surface area contributed by atoms with Crippen molar-refractivity contribution < 1.29 is 9.53 Å². The van der Waals surface area contributed by atoms with Gasteiger partial charge in [0.2, 0.25) is 0 Å². The number of carbonyl (C=O) groups excluding carboxylic acids is 1. The van der Waals surface area contributed by atoms with Gasteiger partial charge in [-0.3, -0.25) is 4.79 Å². The van der Waals surface area contributed by atoms with Crippen molar-refractivity contribution in [3.63, 3.8) is 0 Å². The molecule has 2 aromatic carbocycles. The zero-order valence-electron chi connectivity index (χ0n) is 13.6. The second kappa shape index (κ2) is 7.65. The summed E-state index contributed by atoms with van der Waals surface area (Å²) in [5.74, 6) is 0.0765. The third-order valence-corrected chi connectivity index (χ3v) is 5.46. The average Bonchev–Trinajstić information content (AvgIpc) is 2.65. The number of ether oxygens (including phenoxy) is 1. The van der Waals surface area contributed by atoms with Gasteiger partial charge in [-0.05, 0) is 23.6 Å². The zero-order chi connectivity index (χ0) is 16.9. The minimum atomic E-state index is -0.0262. The molecule has 1 heterocycles. The molecule has 1 aliphatic heterocycles. The van der Waals surface area contributed by atoms with Crippen molar-refractivity contribution in [2.75, 3.05) is 7.11 Å². The van der Waals surface area contributed by atoms with Gasteiger partial charge in [-0.25, -0.2) is 0 Å². The Bertz CT molecular complexity index is 764. The van der Waals surface area contributed by atoms with E-state index in [1.165, 1.54) is 5.56 Å². The Morgan fingerprint density at radius 1 is 1.21 bits per heavy atom. The number of hydrogen-bond donors (Lipinski definition) is 0. The summed E-state index contributed by atoms with van der Waals surface area (Å²) in [6.45, 7) is 3.84. The van der Waals surface area contributed by atoms with Crippen LogP contribution in [0.4, 0.5) is 0 Å². The predicted molar refractivity (Wildman–Crippen MR) is 101 cm³/mol. The molecule has 0 fully saturated rings. The molecular weight excluding hydrogens is 316 g/mol. The molecule has 0 saturated heterocycles. The van der Waals surface area contributed by atoms with Crippen LogP contribution in [-0.4, -0.2) is 19.0 Å². The Kier molecular flexibility index (Phi) is 5.34. The Balaban J connectivity index is 1.94. The second-order valence-electron chi connectivity index (χ2n) is 5.68. The first kappa shape index (κ1) is 16.7. The van der Waals surface area contributed by atoms with Crippen LogP contribution in [-0.2, 0) is 4.74 Å². The number of benzene rings is 2. The van der Waals surface area contributed by atoms with Crippen LogP contribution < -0.4 is 0 Å². The largest absolute Gasteiger partial charge is 0.377 e. The molecular formula is C21H20O2S. The van der Waals surface area contributed by atoms with Gasteiger partial charge >= 0.3 is 0 Å². The number of hydrogen-bond acceptors (Lipinski definition) is 3. The number of ketones is 1. The molecule has 0 saturated carbocycles. The lowest BCUT2D eigenvalue weighted by atomic mass is 9.98. The molecule has 3 rings (SSSR count). The quantitative estimate of drug-likeness (QED) is 0.529. The van der Waals surface area contributed by atoms with Crippen molar-refractivity contribution in [1.29, 1.82) is 0 Å². The normalized spacial score (nSPS) is 17.5. The van der Waals surface area contributed by atoms with Crippen LogP contribution in [0, 0.1) is 0 Å². The van der Waals surface area contributed by atoms with Gasteiger partial charge in [-0.1, -0.05) is 60.7 Å². The standard InChI is InChI=1S/C21H20O2S/c1-3-17(23-2)14-19-18-12-8-7-11-16(18)13-20(24-19)21(22)15-9-5-4-6-10-15/h3-13,17,19H,1,14H2,2H3. The van der Waals surface area contributed by atoms with Gasteiger partial charge in [0.15, 0.2) is 5.78 Å². The van der Waals surface area contributed by atoms with Crippen LogP contribution in [0.5, 0.6) is 0 Å². The molecule has 2 unspecified atom stereocenters. The predicted octanol–water partition coefficient (Wildman–Crippen LogP) is 5.29. The van der Waals surface area contributed by atoms with Gasteiger partial charge < -0.3 is 4.74 Å². The van der Waals surface area contributed by atoms with Gasteiger partial charge in [0.1, 0.15) is 0 Å². The van der Waals surface area contributed by atoms with E-state index in [1.54, 1.807) is 18.9 Å². The lowest BCUT2D eigenvalue weighted by Gasteiger charge is -2.26. The van der Waals surface area contributed by atoms with Crippen molar-refractivity contribution in [2.24, 2.45) is 0 Å². The summed E-state index contributed by atoms with van der Waals surface area (Å²) in [7, 11) is 1.69. The van der Waals surface area contributed by atoms with E-state index >= 15 is 0 Å². The maximum atomic E-state index is 12.8. The maximum absolute atomic E-state index is 12.8. The van der Waals surface area contributed by atoms with Crippen LogP contribution in [0.2, 0.25) is 0 Å². The van der Waals surface area contributed by atoms with Gasteiger partial charge in [-0.2, -0.15) is 0 Å². The highest BCUT2D eigenvalue weighted by molar-refractivity contribution is 8.04. The van der Waals surface area contributed by atoms with E-state index < -0.39 is 0 Å². The monoisotopic (exact) mass is 336 g/mol. The molecule has 2 atom stereocenters. The third-order valence-electron chi connectivity index (χ3n) is 4.17. The summed E-state index contributed by atoms with van der Waals surface area (Å²) in [6, 6.07) is 17.7. The fourth-order valence-corrected chi connectivity index (χ4v) is 4.21. The number of allylic oxidation sites excluding steroid dienone is 1. The molecule has 2 nitrogen and oxygen atoms in total. The van der Waals surface area contributed by atoms with E-state index in [0.29, 0.717) is 0 Å². The topological polar surface area (TPSA) is 26.3 Å². The van der Waals surface area contributed by atoms with E-state index in [4.69, 9.17) is 4.74 Å². The minimum absolute atomic E-state index is 0.0262. The Hall–Kier alpha value is -2.10. The fraction of sp³-hybridized carbons (Fsp3) is 0.190. The first-order valence-corrected chi connectivity index (χ1v) is 8.83. The molecule has 3 heteroatoms. The fourth-order valence-electron chi connectivity index (χ4n) is 2.85. The molecule has 24 heavy (non-hydrogen) atoms. The summed E-state index contributed by atoms with van der Waals surface area (Å²) < 4.78 is 5.46. The molecule has 0 aromatic heterocycles. The van der Waals surface area contributed by atoms with Crippen LogP contribution in [0.3, 0.4) is 0 Å². The molecule has 0 bridgehead atoms. The van der Waals surface area contributed by atoms with Crippen molar-refractivity contribution >= 4 is 23.6 Å². The molecule has 2 aromatic rings. The van der Waals surface area contributed by atoms with Crippen LogP contribution in [0.25, 0.3) is 6.08 Å². The first-order valence-electron chi connectivity index (χ1n) is 7.95. The lowest BCUT2D eigenvalue weighted by molar-refractivity contribution is 0.104. The summed E-state index contributed by atoms with van der Waals surface area (Å²) in [5, 5.41) is 0.178. The SMILES string of the molecule is C=CC(CC1SC(C(=O)c2ccccc2)=Cc2ccccc21)OC. The number of Topliss-reactive ketones (excluding diaryl/α,β-unsaturated/α-hetero) is 1. The molecule has 0 N–H and O–H groups in total. The van der Waals surface area contributed by atoms with Crippen LogP contribution in [0.15, 0.2) is 72.2 Å². The zero-order valence-corrected chi connectivity index (χ0v) is 14.5. The molecule has 0 aliphatic carbocycles. The highest BCUT2D eigenvalue weighted by Crippen LogP contribution is 2.46. The second-order valence-corrected chi connectivity index (χ2v) is 6.93. The average molecular weight is 336 g/mol. The minimum Gasteiger partial charge on any atom is -0.377 e. The number of methoxy groups -OCH3 is 1. The van der Waals surface area contributed by atoms with Crippen molar-refractivity contribution in [3.05, 3.63) is 88.8 Å². The maximum Gasteiger partial charge on any atom is 0.199 e. The van der Waals surface area contributed by atoms with E-state index in [2.05, 4.69) is 18.7 Å². The third kappa shape index (κ3) is 3.53. The molecule has 122 valence electrons. The highest BCUT2D eigenvalue weighted by atomic mass is 32.2. The molecule has 0 radical (unpaired) electrons. The van der Waals surface area contributed by atoms with E-state index in [0.717, 1.165) is 22.5 Å². The first-order chi connectivity index (χ1) is 11.7. The lowest BCUT2D eigenvalue weighted by Crippen LogP contribution is -2.15. The molecule has 0 spiro atoms. The van der Waals surface area contributed by atoms with Crippen molar-refractivity contribution in [2.45, 2.75) is 17.8 Å². The van der Waals surface area contributed by atoms with Gasteiger partial charge in [0, 0.05) is 17.9 Å². The Morgan fingerprint density at radius 2 is 1.92 bits per heavy atom. The van der Waals surface area contributed by atoms with Crippen LogP contribution >= 0.6 is 11.8 Å². The van der Waals surface area contributed by atoms with E-state index in [9.17, 15) is 4.79 Å². The summed E-state index contributed by atoms with van der Waals surface area (Å²) >= 11 is 1.62. The van der Waals surface area contributed by atoms with Gasteiger partial charge in [-0.15, -0.1) is 18.3 Å².